The Labute approximate surface area is 151 Å². The van der Waals surface area contributed by atoms with Gasteiger partial charge in [-0.1, -0.05) is 0 Å². The van der Waals surface area contributed by atoms with Crippen molar-refractivity contribution in [2.24, 2.45) is 5.41 Å². The number of oxazole rings is 1. The first-order valence-corrected chi connectivity index (χ1v) is 8.99. The van der Waals surface area contributed by atoms with E-state index in [1.807, 2.05) is 31.2 Å². The van der Waals surface area contributed by atoms with Crippen LogP contribution in [0.15, 0.2) is 40.8 Å². The summed E-state index contributed by atoms with van der Waals surface area (Å²) in [6.45, 7) is 5.84. The van der Waals surface area contributed by atoms with Gasteiger partial charge < -0.3 is 0 Å². The zero-order chi connectivity index (χ0) is 17.4. The number of nitrogens with zero attached hydrogens (tertiary/aromatic N) is 1. The van der Waals surface area contributed by atoms with Gasteiger partial charge in [-0.25, -0.2) is 0 Å². The Hall–Kier alpha value is -1.42. The molecule has 3 rings (SSSR count). The Kier molecular flexibility index (Phi) is 4.69. The minimum absolute atomic E-state index is 0.149. The molecule has 0 saturated carbocycles. The Balaban J connectivity index is 2.20. The molecule has 3 atom stereocenters. The summed E-state index contributed by atoms with van der Waals surface area (Å²) in [5.41, 5.74) is 0.652. The molecule has 129 valence electrons. The summed E-state index contributed by atoms with van der Waals surface area (Å²) in [4.78, 5) is 17.3. The molecule has 5 heteroatoms. The van der Waals surface area contributed by atoms with Gasteiger partial charge in [-0.2, -0.15) is 0 Å². The second-order valence-corrected chi connectivity index (χ2v) is 6.91. The van der Waals surface area contributed by atoms with E-state index in [-0.39, 0.29) is 11.8 Å². The number of para-hydroxylation sites is 2. The first-order valence-electron chi connectivity index (χ1n) is 8.43. The minimum atomic E-state index is -0.587. The van der Waals surface area contributed by atoms with E-state index in [2.05, 4.69) is 39.6 Å². The molecule has 1 N–H and O–H groups in total. The molecule has 24 heavy (non-hydrogen) atoms. The van der Waals surface area contributed by atoms with E-state index in [0.29, 0.717) is 12.3 Å². The summed E-state index contributed by atoms with van der Waals surface area (Å²) in [5, 5.41) is 0. The number of Topliss-reactive ketones (excluding diaryl/α,β-unsaturated/α-hetero) is 1. The van der Waals surface area contributed by atoms with Gasteiger partial charge in [-0.3, -0.25) is 0 Å². The first kappa shape index (κ1) is 17.4. The molecule has 0 amide bonds. The summed E-state index contributed by atoms with van der Waals surface area (Å²) in [6, 6.07) is 7.63. The van der Waals surface area contributed by atoms with Crippen LogP contribution in [0.5, 0.6) is 0 Å². The van der Waals surface area contributed by atoms with Crippen LogP contribution < -0.4 is 4.33 Å². The van der Waals surface area contributed by atoms with E-state index in [1.54, 1.807) is 6.92 Å². The molecule has 1 aromatic heterocycles. The molecule has 1 heterocycles. The van der Waals surface area contributed by atoms with Gasteiger partial charge in [-0.05, 0) is 0 Å². The summed E-state index contributed by atoms with van der Waals surface area (Å²) in [7, 11) is 0. The number of ketones is 1. The van der Waals surface area contributed by atoms with Crippen LogP contribution in [-0.4, -0.2) is 16.8 Å². The standard InChI is InChI=1S/C19H23N2O2.Fe/c1-4-18(13(3)22)11-8-12-19(5-2,16(18)20)17-21-14-9-6-7-10-15(14)23-17;/h6-11,16,20H,4-5,12H2,1-3H3;/q-1;+1. The van der Waals surface area contributed by atoms with Crippen LogP contribution in [0.1, 0.15) is 45.9 Å². The molecule has 0 radical (unpaired) electrons. The van der Waals surface area contributed by atoms with Gasteiger partial charge in [0.2, 0.25) is 0 Å². The van der Waals surface area contributed by atoms with E-state index in [1.165, 1.54) is 0 Å². The van der Waals surface area contributed by atoms with Crippen molar-refractivity contribution in [3.63, 3.8) is 0 Å². The van der Waals surface area contributed by atoms with E-state index in [9.17, 15) is 4.79 Å². The average molecular weight is 367 g/mol. The monoisotopic (exact) mass is 367 g/mol. The molecule has 1 aliphatic carbocycles. The molecule has 2 aromatic rings. The molecular formula is C19H23FeN2O2. The van der Waals surface area contributed by atoms with Crippen molar-refractivity contribution in [2.45, 2.75) is 51.5 Å². The van der Waals surface area contributed by atoms with Gasteiger partial charge in [0.05, 0.1) is 0 Å². The van der Waals surface area contributed by atoms with Gasteiger partial charge in [0.15, 0.2) is 0 Å². The third-order valence-electron chi connectivity index (χ3n) is 5.66. The fourth-order valence-corrected chi connectivity index (χ4v) is 4.65. The average Bonchev–Trinajstić information content (AvgIpc) is 3.04. The molecule has 0 spiro atoms. The van der Waals surface area contributed by atoms with Crippen LogP contribution in [0.2, 0.25) is 0 Å². The van der Waals surface area contributed by atoms with Crippen molar-refractivity contribution in [1.82, 2.24) is 9.32 Å². The van der Waals surface area contributed by atoms with Crippen LogP contribution >= 0.6 is 0 Å². The topological polar surface area (TPSA) is 55.1 Å². The molecule has 0 fully saturated rings. The van der Waals surface area contributed by atoms with Crippen LogP contribution in [-0.2, 0) is 26.4 Å². The number of aromatic nitrogens is 1. The number of hydrogen-bond acceptors (Lipinski definition) is 4. The van der Waals surface area contributed by atoms with Crippen molar-refractivity contribution in [3.8, 4) is 0 Å². The van der Waals surface area contributed by atoms with Crippen molar-refractivity contribution < 1.29 is 25.4 Å². The number of nitrogens with one attached hydrogen (secondary N) is 1. The van der Waals surface area contributed by atoms with Gasteiger partial charge in [-0.15, -0.1) is 0 Å². The first-order chi connectivity index (χ1) is 11.5. The van der Waals surface area contributed by atoms with Gasteiger partial charge >= 0.3 is 151 Å². The normalized spacial score (nSPS) is 29.9. The molecule has 0 aliphatic heterocycles. The quantitative estimate of drug-likeness (QED) is 0.645. The van der Waals surface area contributed by atoms with Gasteiger partial charge in [0.25, 0.3) is 0 Å². The third kappa shape index (κ3) is 2.38. The number of benzene rings is 1. The number of hydrogen-bond donors (Lipinski definition) is 1. The predicted octanol–water partition coefficient (Wildman–Crippen LogP) is 3.84. The number of carbonyl (C=O) groups is 1. The SMILES string of the molecule is CCC1(C(C)=O)C=CCC(CC)(c2nc3ccccc3o2)C1[NH][Fe]. The zero-order valence-electron chi connectivity index (χ0n) is 14.3. The number of allylic oxidation sites excluding steroid dienone is 1. The number of fused-ring (bicyclic) bond motifs is 1. The van der Waals surface area contributed by atoms with Crippen molar-refractivity contribution >= 4 is 16.9 Å². The molecule has 0 saturated heterocycles. The Morgan fingerprint density at radius 3 is 2.71 bits per heavy atom. The summed E-state index contributed by atoms with van der Waals surface area (Å²) >= 11 is 3.95. The van der Waals surface area contributed by atoms with E-state index in [4.69, 9.17) is 9.40 Å². The molecule has 1 aromatic carbocycles. The van der Waals surface area contributed by atoms with Crippen LogP contribution in [0.25, 0.3) is 11.1 Å². The Bertz CT molecular complexity index is 752. The Morgan fingerprint density at radius 2 is 2.12 bits per heavy atom. The molecule has 0 bridgehead atoms. The fourth-order valence-electron chi connectivity index (χ4n) is 4.06. The summed E-state index contributed by atoms with van der Waals surface area (Å²) < 4.78 is 9.32. The van der Waals surface area contributed by atoms with E-state index < -0.39 is 10.8 Å². The maximum atomic E-state index is 12.6. The maximum absolute atomic E-state index is 12.6. The van der Waals surface area contributed by atoms with Gasteiger partial charge in [0.1, 0.15) is 0 Å². The summed E-state index contributed by atoms with van der Waals surface area (Å²) in [6.07, 6.45) is 6.46. The number of carbonyl (C=O) groups excluding carboxylic acids is 1. The molecule has 4 nitrogen and oxygen atoms in total. The van der Waals surface area contributed by atoms with Gasteiger partial charge in [0, 0.05) is 0 Å². The van der Waals surface area contributed by atoms with Crippen molar-refractivity contribution in [2.75, 3.05) is 0 Å². The zero-order valence-corrected chi connectivity index (χ0v) is 15.4. The Morgan fingerprint density at radius 1 is 1.38 bits per heavy atom. The van der Waals surface area contributed by atoms with Crippen molar-refractivity contribution in [3.05, 3.63) is 42.3 Å². The number of rotatable bonds is 5. The van der Waals surface area contributed by atoms with Crippen LogP contribution in [0, 0.1) is 5.41 Å². The second kappa shape index (κ2) is 6.47. The van der Waals surface area contributed by atoms with Crippen LogP contribution in [0.4, 0.5) is 0 Å². The van der Waals surface area contributed by atoms with E-state index >= 15 is 0 Å². The van der Waals surface area contributed by atoms with Crippen molar-refractivity contribution in [1.29, 1.82) is 0 Å². The molecule has 3 unspecified atom stereocenters. The summed E-state index contributed by atoms with van der Waals surface area (Å²) in [5.74, 6) is 0.840. The predicted molar refractivity (Wildman–Crippen MR) is 90.1 cm³/mol. The fraction of sp³-hybridized carbons (Fsp3) is 0.474. The van der Waals surface area contributed by atoms with Crippen LogP contribution in [0.3, 0.4) is 0 Å². The second-order valence-electron chi connectivity index (χ2n) is 6.59. The third-order valence-corrected chi connectivity index (χ3v) is 5.98. The molecule has 1 aliphatic rings. The molecular weight excluding hydrogens is 344 g/mol. The van der Waals surface area contributed by atoms with E-state index in [0.717, 1.165) is 23.9 Å².